The van der Waals surface area contributed by atoms with E-state index in [1.165, 1.54) is 24.8 Å². The Hall–Kier alpha value is -1.80. The van der Waals surface area contributed by atoms with Crippen molar-refractivity contribution >= 4 is 0 Å². The van der Waals surface area contributed by atoms with Gasteiger partial charge in [-0.2, -0.15) is 0 Å². The Bertz CT molecular complexity index is 518. The van der Waals surface area contributed by atoms with Gasteiger partial charge in [0.15, 0.2) is 0 Å². The molecule has 2 aromatic rings. The first kappa shape index (κ1) is 12.2. The third kappa shape index (κ3) is 2.96. The Labute approximate surface area is 114 Å². The summed E-state index contributed by atoms with van der Waals surface area (Å²) in [5.74, 6) is 1.86. The van der Waals surface area contributed by atoms with Gasteiger partial charge in [0, 0.05) is 11.6 Å². The van der Waals surface area contributed by atoms with Gasteiger partial charge in [-0.25, -0.2) is 0 Å². The predicted octanol–water partition coefficient (Wildman–Crippen LogP) is 4.29. The SMILES string of the molecule is c1ccc(Oc2ccccc2[C@@H]2CCCCN2)cc1. The Morgan fingerprint density at radius 2 is 1.68 bits per heavy atom. The molecule has 1 atom stereocenters. The van der Waals surface area contributed by atoms with E-state index in [1.807, 2.05) is 36.4 Å². The lowest BCUT2D eigenvalue weighted by Crippen LogP contribution is -2.27. The van der Waals surface area contributed by atoms with E-state index in [9.17, 15) is 0 Å². The summed E-state index contributed by atoms with van der Waals surface area (Å²) in [5, 5.41) is 3.58. The molecule has 0 unspecified atom stereocenters. The lowest BCUT2D eigenvalue weighted by atomic mass is 9.97. The van der Waals surface area contributed by atoms with Gasteiger partial charge in [-0.05, 0) is 37.6 Å². The number of piperidine rings is 1. The first-order chi connectivity index (χ1) is 9.43. The summed E-state index contributed by atoms with van der Waals surface area (Å²) < 4.78 is 6.02. The minimum Gasteiger partial charge on any atom is -0.457 e. The van der Waals surface area contributed by atoms with Crippen LogP contribution < -0.4 is 10.1 Å². The van der Waals surface area contributed by atoms with Crippen molar-refractivity contribution in [2.24, 2.45) is 0 Å². The maximum atomic E-state index is 6.02. The van der Waals surface area contributed by atoms with E-state index >= 15 is 0 Å². The molecule has 0 radical (unpaired) electrons. The summed E-state index contributed by atoms with van der Waals surface area (Å²) in [4.78, 5) is 0. The molecule has 19 heavy (non-hydrogen) atoms. The molecule has 1 heterocycles. The van der Waals surface area contributed by atoms with Crippen LogP contribution in [0.1, 0.15) is 30.9 Å². The molecular weight excluding hydrogens is 234 g/mol. The zero-order chi connectivity index (χ0) is 12.9. The van der Waals surface area contributed by atoms with E-state index in [2.05, 4.69) is 23.5 Å². The minimum atomic E-state index is 0.425. The van der Waals surface area contributed by atoms with Gasteiger partial charge in [0.05, 0.1) is 0 Å². The molecule has 3 rings (SSSR count). The second-order valence-corrected chi connectivity index (χ2v) is 4.96. The molecule has 0 spiro atoms. The molecule has 2 aromatic carbocycles. The number of benzene rings is 2. The van der Waals surface area contributed by atoms with Gasteiger partial charge in [0.1, 0.15) is 11.5 Å². The zero-order valence-electron chi connectivity index (χ0n) is 11.0. The normalized spacial score (nSPS) is 19.1. The molecule has 2 heteroatoms. The number of hydrogen-bond acceptors (Lipinski definition) is 2. The van der Waals surface area contributed by atoms with E-state index in [4.69, 9.17) is 4.74 Å². The quantitative estimate of drug-likeness (QED) is 0.880. The minimum absolute atomic E-state index is 0.425. The van der Waals surface area contributed by atoms with Crippen LogP contribution in [0.15, 0.2) is 54.6 Å². The summed E-state index contributed by atoms with van der Waals surface area (Å²) in [6, 6.07) is 18.7. The van der Waals surface area contributed by atoms with Crippen molar-refractivity contribution in [2.45, 2.75) is 25.3 Å². The first-order valence-corrected chi connectivity index (χ1v) is 6.99. The molecule has 98 valence electrons. The zero-order valence-corrected chi connectivity index (χ0v) is 11.0. The summed E-state index contributed by atoms with van der Waals surface area (Å²) in [5.41, 5.74) is 1.27. The number of ether oxygens (including phenoxy) is 1. The van der Waals surface area contributed by atoms with Gasteiger partial charge in [0.25, 0.3) is 0 Å². The molecule has 2 nitrogen and oxygen atoms in total. The average molecular weight is 253 g/mol. The van der Waals surface area contributed by atoms with Gasteiger partial charge in [-0.15, -0.1) is 0 Å². The van der Waals surface area contributed by atoms with Gasteiger partial charge >= 0.3 is 0 Å². The van der Waals surface area contributed by atoms with Crippen LogP contribution in [0.5, 0.6) is 11.5 Å². The summed E-state index contributed by atoms with van der Waals surface area (Å²) in [6.07, 6.45) is 3.75. The topological polar surface area (TPSA) is 21.3 Å². The number of nitrogens with one attached hydrogen (secondary N) is 1. The second kappa shape index (κ2) is 5.89. The van der Waals surface area contributed by atoms with Crippen LogP contribution in [0.4, 0.5) is 0 Å². The summed E-state index contributed by atoms with van der Waals surface area (Å²) >= 11 is 0. The van der Waals surface area contributed by atoms with Gasteiger partial charge in [-0.1, -0.05) is 42.8 Å². The monoisotopic (exact) mass is 253 g/mol. The Morgan fingerprint density at radius 3 is 2.47 bits per heavy atom. The molecule has 1 saturated heterocycles. The van der Waals surface area contributed by atoms with Crippen LogP contribution >= 0.6 is 0 Å². The molecule has 1 N–H and O–H groups in total. The van der Waals surface area contributed by atoms with Crippen LogP contribution in [-0.2, 0) is 0 Å². The van der Waals surface area contributed by atoms with E-state index < -0.39 is 0 Å². The lowest BCUT2D eigenvalue weighted by molar-refractivity contribution is 0.394. The highest BCUT2D eigenvalue weighted by Crippen LogP contribution is 2.33. The van der Waals surface area contributed by atoms with Crippen LogP contribution in [-0.4, -0.2) is 6.54 Å². The summed E-state index contributed by atoms with van der Waals surface area (Å²) in [7, 11) is 0. The van der Waals surface area contributed by atoms with Crippen molar-refractivity contribution in [3.63, 3.8) is 0 Å². The smallest absolute Gasteiger partial charge is 0.132 e. The van der Waals surface area contributed by atoms with Crippen LogP contribution in [0.25, 0.3) is 0 Å². The van der Waals surface area contributed by atoms with Crippen molar-refractivity contribution in [2.75, 3.05) is 6.54 Å². The van der Waals surface area contributed by atoms with Crippen molar-refractivity contribution in [1.82, 2.24) is 5.32 Å². The highest BCUT2D eigenvalue weighted by Gasteiger charge is 2.18. The second-order valence-electron chi connectivity index (χ2n) is 4.96. The first-order valence-electron chi connectivity index (χ1n) is 6.99. The molecule has 1 aliphatic rings. The Kier molecular flexibility index (Phi) is 3.80. The van der Waals surface area contributed by atoms with Crippen LogP contribution in [0, 0.1) is 0 Å². The molecular formula is C17H19NO. The highest BCUT2D eigenvalue weighted by molar-refractivity contribution is 5.39. The third-order valence-electron chi connectivity index (χ3n) is 3.58. The van der Waals surface area contributed by atoms with E-state index in [-0.39, 0.29) is 0 Å². The maximum Gasteiger partial charge on any atom is 0.132 e. The lowest BCUT2D eigenvalue weighted by Gasteiger charge is -2.25. The largest absolute Gasteiger partial charge is 0.457 e. The Balaban J connectivity index is 1.84. The van der Waals surface area contributed by atoms with Gasteiger partial charge in [-0.3, -0.25) is 0 Å². The molecule has 1 fully saturated rings. The molecule has 0 bridgehead atoms. The maximum absolute atomic E-state index is 6.02. The standard InChI is InChI=1S/C17H19NO/c1-2-8-14(9-3-1)19-17-12-5-4-10-15(17)16-11-6-7-13-18-16/h1-5,8-10,12,16,18H,6-7,11,13H2/t16-/m0/s1. The predicted molar refractivity (Wildman–Crippen MR) is 77.6 cm³/mol. The van der Waals surface area contributed by atoms with Crippen molar-refractivity contribution in [3.05, 3.63) is 60.2 Å². The molecule has 0 aromatic heterocycles. The van der Waals surface area contributed by atoms with E-state index in [1.54, 1.807) is 0 Å². The average Bonchev–Trinajstić information content (AvgIpc) is 2.50. The number of rotatable bonds is 3. The molecule has 1 aliphatic heterocycles. The third-order valence-corrected chi connectivity index (χ3v) is 3.58. The molecule has 0 amide bonds. The fourth-order valence-electron chi connectivity index (χ4n) is 2.59. The molecule has 0 saturated carbocycles. The Morgan fingerprint density at radius 1 is 0.895 bits per heavy atom. The number of para-hydroxylation sites is 2. The van der Waals surface area contributed by atoms with Crippen LogP contribution in [0.2, 0.25) is 0 Å². The highest BCUT2D eigenvalue weighted by atomic mass is 16.5. The van der Waals surface area contributed by atoms with Crippen molar-refractivity contribution < 1.29 is 4.74 Å². The van der Waals surface area contributed by atoms with E-state index in [0.29, 0.717) is 6.04 Å². The van der Waals surface area contributed by atoms with E-state index in [0.717, 1.165) is 18.0 Å². The van der Waals surface area contributed by atoms with Crippen molar-refractivity contribution in [1.29, 1.82) is 0 Å². The fourth-order valence-corrected chi connectivity index (χ4v) is 2.59. The van der Waals surface area contributed by atoms with Gasteiger partial charge in [0.2, 0.25) is 0 Å². The molecule has 0 aliphatic carbocycles. The summed E-state index contributed by atoms with van der Waals surface area (Å²) in [6.45, 7) is 1.10. The van der Waals surface area contributed by atoms with Crippen molar-refractivity contribution in [3.8, 4) is 11.5 Å². The number of hydrogen-bond donors (Lipinski definition) is 1. The van der Waals surface area contributed by atoms with Gasteiger partial charge < -0.3 is 10.1 Å². The fraction of sp³-hybridized carbons (Fsp3) is 0.294. The van der Waals surface area contributed by atoms with Crippen LogP contribution in [0.3, 0.4) is 0 Å².